The molecule has 0 saturated carbocycles. The van der Waals surface area contributed by atoms with Crippen LogP contribution in [0.1, 0.15) is 13.8 Å². The standard InChI is InChI=1S/C6H12O2/c1-4-7-6(3)8-5-2/h4,6H,1,5H2,2-3H3. The fraction of sp³-hybridized carbons (Fsp3) is 0.667. The van der Waals surface area contributed by atoms with Gasteiger partial charge in [0, 0.05) is 6.61 Å². The minimum Gasteiger partial charge on any atom is -0.473 e. The quantitative estimate of drug-likeness (QED) is 0.409. The van der Waals surface area contributed by atoms with E-state index in [4.69, 9.17) is 9.47 Å². The van der Waals surface area contributed by atoms with Gasteiger partial charge >= 0.3 is 0 Å². The molecule has 0 heterocycles. The molecule has 1 atom stereocenters. The van der Waals surface area contributed by atoms with Crippen LogP contribution in [0.4, 0.5) is 0 Å². The molecule has 0 aromatic heterocycles. The van der Waals surface area contributed by atoms with Crippen LogP contribution in [0.2, 0.25) is 0 Å². The first kappa shape index (κ1) is 7.50. The van der Waals surface area contributed by atoms with Crippen LogP contribution in [0.15, 0.2) is 12.8 Å². The smallest absolute Gasteiger partial charge is 0.196 e. The molecule has 2 heteroatoms. The van der Waals surface area contributed by atoms with Crippen molar-refractivity contribution in [2.75, 3.05) is 6.61 Å². The first-order valence-corrected chi connectivity index (χ1v) is 2.69. The zero-order valence-electron chi connectivity index (χ0n) is 5.39. The van der Waals surface area contributed by atoms with Gasteiger partial charge in [-0.3, -0.25) is 0 Å². The van der Waals surface area contributed by atoms with Crippen LogP contribution in [0, 0.1) is 0 Å². The van der Waals surface area contributed by atoms with Gasteiger partial charge in [-0.2, -0.15) is 0 Å². The SMILES string of the molecule is C=COC(C)OCC. The molecule has 0 aliphatic carbocycles. The van der Waals surface area contributed by atoms with Crippen molar-refractivity contribution in [1.29, 1.82) is 0 Å². The van der Waals surface area contributed by atoms with Crippen molar-refractivity contribution >= 4 is 0 Å². The van der Waals surface area contributed by atoms with Crippen molar-refractivity contribution in [2.24, 2.45) is 0 Å². The van der Waals surface area contributed by atoms with Crippen molar-refractivity contribution < 1.29 is 9.47 Å². The molecule has 0 N–H and O–H groups in total. The Morgan fingerprint density at radius 3 is 2.75 bits per heavy atom. The lowest BCUT2D eigenvalue weighted by Gasteiger charge is -2.08. The lowest BCUT2D eigenvalue weighted by Crippen LogP contribution is -2.08. The molecule has 0 saturated heterocycles. The summed E-state index contributed by atoms with van der Waals surface area (Å²) < 4.78 is 9.81. The predicted molar refractivity (Wildman–Crippen MR) is 32.4 cm³/mol. The highest BCUT2D eigenvalue weighted by atomic mass is 16.7. The summed E-state index contributed by atoms with van der Waals surface area (Å²) in [5.41, 5.74) is 0. The summed E-state index contributed by atoms with van der Waals surface area (Å²) in [5.74, 6) is 0. The number of ether oxygens (including phenoxy) is 2. The maximum Gasteiger partial charge on any atom is 0.196 e. The Morgan fingerprint density at radius 2 is 2.38 bits per heavy atom. The predicted octanol–water partition coefficient (Wildman–Crippen LogP) is 1.53. The molecule has 0 spiro atoms. The average molecular weight is 116 g/mol. The zero-order valence-corrected chi connectivity index (χ0v) is 5.39. The van der Waals surface area contributed by atoms with Gasteiger partial charge in [0.2, 0.25) is 0 Å². The fourth-order valence-corrected chi connectivity index (χ4v) is 0.410. The Balaban J connectivity index is 3.03. The Hall–Kier alpha value is -0.500. The third-order valence-electron chi connectivity index (χ3n) is 0.689. The van der Waals surface area contributed by atoms with Crippen LogP contribution in [0.5, 0.6) is 0 Å². The van der Waals surface area contributed by atoms with E-state index in [2.05, 4.69) is 6.58 Å². The molecule has 1 unspecified atom stereocenters. The third kappa shape index (κ3) is 3.68. The van der Waals surface area contributed by atoms with Crippen molar-refractivity contribution in [3.05, 3.63) is 12.8 Å². The van der Waals surface area contributed by atoms with Gasteiger partial charge in [-0.1, -0.05) is 6.58 Å². The molecule has 2 nitrogen and oxygen atoms in total. The monoisotopic (exact) mass is 116 g/mol. The Kier molecular flexibility index (Phi) is 4.36. The number of hydrogen-bond donors (Lipinski definition) is 0. The number of hydrogen-bond acceptors (Lipinski definition) is 2. The molecule has 0 aliphatic rings. The fourth-order valence-electron chi connectivity index (χ4n) is 0.410. The van der Waals surface area contributed by atoms with Crippen LogP contribution >= 0.6 is 0 Å². The summed E-state index contributed by atoms with van der Waals surface area (Å²) in [6.07, 6.45) is 1.22. The molecule has 0 amide bonds. The average Bonchev–Trinajstić information content (AvgIpc) is 1.68. The second-order valence-electron chi connectivity index (χ2n) is 1.33. The van der Waals surface area contributed by atoms with E-state index >= 15 is 0 Å². The molecule has 0 fully saturated rings. The van der Waals surface area contributed by atoms with Crippen LogP contribution in [-0.4, -0.2) is 12.9 Å². The summed E-state index contributed by atoms with van der Waals surface area (Å²) in [7, 11) is 0. The molecule has 8 heavy (non-hydrogen) atoms. The van der Waals surface area contributed by atoms with Gasteiger partial charge in [-0.25, -0.2) is 0 Å². The van der Waals surface area contributed by atoms with E-state index in [1.54, 1.807) is 0 Å². The lowest BCUT2D eigenvalue weighted by molar-refractivity contribution is -0.0878. The normalized spacial score (nSPS) is 12.8. The van der Waals surface area contributed by atoms with E-state index in [0.717, 1.165) is 0 Å². The van der Waals surface area contributed by atoms with E-state index < -0.39 is 0 Å². The topological polar surface area (TPSA) is 18.5 Å². The van der Waals surface area contributed by atoms with Crippen molar-refractivity contribution in [3.8, 4) is 0 Å². The largest absolute Gasteiger partial charge is 0.473 e. The third-order valence-corrected chi connectivity index (χ3v) is 0.689. The van der Waals surface area contributed by atoms with Crippen molar-refractivity contribution in [1.82, 2.24) is 0 Å². The minimum absolute atomic E-state index is 0.155. The molecule has 0 aliphatic heterocycles. The molecular formula is C6H12O2. The van der Waals surface area contributed by atoms with Gasteiger partial charge < -0.3 is 9.47 Å². The van der Waals surface area contributed by atoms with Crippen LogP contribution in [0.25, 0.3) is 0 Å². The molecular weight excluding hydrogens is 104 g/mol. The first-order valence-electron chi connectivity index (χ1n) is 2.69. The van der Waals surface area contributed by atoms with E-state index in [0.29, 0.717) is 6.61 Å². The van der Waals surface area contributed by atoms with E-state index in [1.165, 1.54) is 6.26 Å². The molecule has 0 radical (unpaired) electrons. The Labute approximate surface area is 50.1 Å². The van der Waals surface area contributed by atoms with Gasteiger partial charge in [-0.05, 0) is 13.8 Å². The van der Waals surface area contributed by atoms with Crippen LogP contribution in [-0.2, 0) is 9.47 Å². The molecule has 0 rings (SSSR count). The van der Waals surface area contributed by atoms with Crippen molar-refractivity contribution in [3.63, 3.8) is 0 Å². The molecule has 0 aromatic carbocycles. The van der Waals surface area contributed by atoms with Gasteiger partial charge in [-0.15, -0.1) is 0 Å². The Morgan fingerprint density at radius 1 is 1.75 bits per heavy atom. The lowest BCUT2D eigenvalue weighted by atomic mass is 10.7. The van der Waals surface area contributed by atoms with E-state index in [9.17, 15) is 0 Å². The maximum atomic E-state index is 4.99. The maximum absolute atomic E-state index is 4.99. The van der Waals surface area contributed by atoms with Crippen LogP contribution in [0.3, 0.4) is 0 Å². The summed E-state index contributed by atoms with van der Waals surface area (Å²) in [6.45, 7) is 7.80. The second kappa shape index (κ2) is 4.65. The first-order chi connectivity index (χ1) is 3.81. The van der Waals surface area contributed by atoms with Gasteiger partial charge in [0.1, 0.15) is 0 Å². The highest BCUT2D eigenvalue weighted by Gasteiger charge is 1.93. The number of rotatable bonds is 4. The minimum atomic E-state index is -0.155. The molecule has 48 valence electrons. The molecule has 0 aromatic rings. The van der Waals surface area contributed by atoms with Gasteiger partial charge in [0.15, 0.2) is 6.29 Å². The summed E-state index contributed by atoms with van der Waals surface area (Å²) in [5, 5.41) is 0. The van der Waals surface area contributed by atoms with Gasteiger partial charge in [0.25, 0.3) is 0 Å². The van der Waals surface area contributed by atoms with Crippen molar-refractivity contribution in [2.45, 2.75) is 20.1 Å². The Bertz CT molecular complexity index is 61.5. The summed E-state index contributed by atoms with van der Waals surface area (Å²) >= 11 is 0. The molecule has 0 bridgehead atoms. The van der Waals surface area contributed by atoms with E-state index in [1.807, 2.05) is 13.8 Å². The highest BCUT2D eigenvalue weighted by molar-refractivity contribution is 4.48. The highest BCUT2D eigenvalue weighted by Crippen LogP contribution is 1.90. The van der Waals surface area contributed by atoms with E-state index in [-0.39, 0.29) is 6.29 Å². The van der Waals surface area contributed by atoms with Gasteiger partial charge in [0.05, 0.1) is 6.26 Å². The zero-order chi connectivity index (χ0) is 6.41. The second-order valence-corrected chi connectivity index (χ2v) is 1.33. The summed E-state index contributed by atoms with van der Waals surface area (Å²) in [4.78, 5) is 0. The summed E-state index contributed by atoms with van der Waals surface area (Å²) in [6, 6.07) is 0. The van der Waals surface area contributed by atoms with Crippen LogP contribution < -0.4 is 0 Å².